The molecule has 4 nitrogen and oxygen atoms in total. The zero-order valence-electron chi connectivity index (χ0n) is 10.0. The quantitative estimate of drug-likeness (QED) is 0.887. The molecule has 0 amide bonds. The van der Waals surface area contributed by atoms with E-state index in [1.165, 1.54) is 12.1 Å². The van der Waals surface area contributed by atoms with Crippen molar-refractivity contribution in [2.45, 2.75) is 13.1 Å². The van der Waals surface area contributed by atoms with E-state index in [2.05, 4.69) is 10.4 Å². The van der Waals surface area contributed by atoms with Gasteiger partial charge in [0.2, 0.25) is 0 Å². The lowest BCUT2D eigenvalue weighted by atomic mass is 10.2. The summed E-state index contributed by atoms with van der Waals surface area (Å²) in [6.45, 7) is 0.728. The average molecular weight is 290 g/mol. The van der Waals surface area contributed by atoms with E-state index in [1.54, 1.807) is 17.1 Å². The summed E-state index contributed by atoms with van der Waals surface area (Å²) in [6, 6.07) is 3.38. The van der Waals surface area contributed by atoms with Crippen molar-refractivity contribution in [3.05, 3.63) is 47.8 Å². The highest BCUT2D eigenvalue weighted by molar-refractivity contribution is 5.85. The van der Waals surface area contributed by atoms with Crippen molar-refractivity contribution in [1.29, 1.82) is 0 Å². The fourth-order valence-electron chi connectivity index (χ4n) is 1.60. The number of hydrogen-bond donors (Lipinski definition) is 2. The molecule has 2 aromatic rings. The first-order valence-electron chi connectivity index (χ1n) is 5.49. The Hall–Kier alpha value is -1.66. The molecule has 1 aromatic heterocycles. The van der Waals surface area contributed by atoms with E-state index < -0.39 is 11.6 Å². The number of benzene rings is 1. The van der Waals surface area contributed by atoms with Crippen LogP contribution in [0.3, 0.4) is 0 Å². The highest BCUT2D eigenvalue weighted by Gasteiger charge is 2.02. The molecule has 0 aliphatic heterocycles. The Balaban J connectivity index is 0.00000180. The summed E-state index contributed by atoms with van der Waals surface area (Å²) in [5.41, 5.74) is 1.25. The number of aliphatic hydroxyl groups is 1. The van der Waals surface area contributed by atoms with E-state index in [0.29, 0.717) is 18.7 Å². The number of nitrogens with zero attached hydrogens (tertiary/aromatic N) is 2. The molecule has 0 spiro atoms. The number of aromatic nitrogens is 2. The summed E-state index contributed by atoms with van der Waals surface area (Å²) < 4.78 is 27.5. The van der Waals surface area contributed by atoms with Crippen LogP contribution >= 0.6 is 12.4 Å². The van der Waals surface area contributed by atoms with Crippen LogP contribution in [0.1, 0.15) is 5.56 Å². The second-order valence-electron chi connectivity index (χ2n) is 3.85. The molecule has 0 radical (unpaired) electrons. The maximum absolute atomic E-state index is 12.9. The standard InChI is InChI=1S/C12H13F2N3O.ClH/c13-10-3-9(4-11(14)5-10)6-15-12-7-16-17(8-12)1-2-18;/h3-5,7-8,15,18H,1-2,6H2;1H. The summed E-state index contributed by atoms with van der Waals surface area (Å²) in [5.74, 6) is -1.19. The van der Waals surface area contributed by atoms with Crippen LogP contribution in [-0.2, 0) is 13.1 Å². The van der Waals surface area contributed by atoms with Gasteiger partial charge in [0, 0.05) is 18.8 Å². The number of nitrogens with one attached hydrogen (secondary N) is 1. The zero-order valence-corrected chi connectivity index (χ0v) is 10.8. The Kier molecular flexibility index (Phi) is 5.72. The first-order valence-corrected chi connectivity index (χ1v) is 5.49. The molecule has 0 atom stereocenters. The molecule has 7 heteroatoms. The van der Waals surface area contributed by atoms with Crippen molar-refractivity contribution in [2.24, 2.45) is 0 Å². The molecule has 0 bridgehead atoms. The maximum Gasteiger partial charge on any atom is 0.126 e. The van der Waals surface area contributed by atoms with Crippen molar-refractivity contribution < 1.29 is 13.9 Å². The topological polar surface area (TPSA) is 50.1 Å². The van der Waals surface area contributed by atoms with Crippen LogP contribution in [0.15, 0.2) is 30.6 Å². The molecule has 0 fully saturated rings. The molecule has 2 rings (SSSR count). The Bertz CT molecular complexity index is 513. The second-order valence-corrected chi connectivity index (χ2v) is 3.85. The summed E-state index contributed by atoms with van der Waals surface area (Å²) in [5, 5.41) is 15.7. The van der Waals surface area contributed by atoms with Crippen molar-refractivity contribution in [2.75, 3.05) is 11.9 Å². The van der Waals surface area contributed by atoms with E-state index in [1.807, 2.05) is 0 Å². The first kappa shape index (κ1) is 15.4. The van der Waals surface area contributed by atoms with E-state index in [9.17, 15) is 8.78 Å². The van der Waals surface area contributed by atoms with Crippen LogP contribution in [0.2, 0.25) is 0 Å². The van der Waals surface area contributed by atoms with Crippen LogP contribution in [0.5, 0.6) is 0 Å². The fraction of sp³-hybridized carbons (Fsp3) is 0.250. The minimum Gasteiger partial charge on any atom is -0.394 e. The Morgan fingerprint density at radius 1 is 1.21 bits per heavy atom. The first-order chi connectivity index (χ1) is 8.67. The third-order valence-corrected chi connectivity index (χ3v) is 2.38. The molecular formula is C12H14ClF2N3O. The summed E-state index contributed by atoms with van der Waals surface area (Å²) in [7, 11) is 0. The van der Waals surface area contributed by atoms with Crippen LogP contribution < -0.4 is 5.32 Å². The van der Waals surface area contributed by atoms with E-state index in [0.717, 1.165) is 11.8 Å². The summed E-state index contributed by atoms with van der Waals surface area (Å²) in [6.07, 6.45) is 3.30. The highest BCUT2D eigenvalue weighted by Crippen LogP contribution is 2.11. The SMILES string of the molecule is Cl.OCCn1cc(NCc2cc(F)cc(F)c2)cn1. The minimum absolute atomic E-state index is 0. The Morgan fingerprint density at radius 3 is 2.53 bits per heavy atom. The van der Waals surface area contributed by atoms with Gasteiger partial charge in [-0.3, -0.25) is 4.68 Å². The average Bonchev–Trinajstić information content (AvgIpc) is 2.74. The Morgan fingerprint density at radius 2 is 1.89 bits per heavy atom. The highest BCUT2D eigenvalue weighted by atomic mass is 35.5. The smallest absolute Gasteiger partial charge is 0.126 e. The second kappa shape index (κ2) is 7.06. The molecular weight excluding hydrogens is 276 g/mol. The van der Waals surface area contributed by atoms with Gasteiger partial charge in [-0.05, 0) is 17.7 Å². The monoisotopic (exact) mass is 289 g/mol. The summed E-state index contributed by atoms with van der Waals surface area (Å²) in [4.78, 5) is 0. The predicted molar refractivity (Wildman–Crippen MR) is 70.2 cm³/mol. The van der Waals surface area contributed by atoms with Crippen LogP contribution in [0.4, 0.5) is 14.5 Å². The lowest BCUT2D eigenvalue weighted by Gasteiger charge is -2.04. The number of aliphatic hydroxyl groups excluding tert-OH is 1. The van der Waals surface area contributed by atoms with Gasteiger partial charge in [-0.2, -0.15) is 5.10 Å². The Labute approximate surface area is 115 Å². The molecule has 19 heavy (non-hydrogen) atoms. The lowest BCUT2D eigenvalue weighted by molar-refractivity contribution is 0.269. The predicted octanol–water partition coefficient (Wildman–Crippen LogP) is 2.19. The van der Waals surface area contributed by atoms with Gasteiger partial charge in [-0.1, -0.05) is 0 Å². The minimum atomic E-state index is -0.595. The fourth-order valence-corrected chi connectivity index (χ4v) is 1.60. The lowest BCUT2D eigenvalue weighted by Crippen LogP contribution is -2.02. The van der Waals surface area contributed by atoms with Gasteiger partial charge in [-0.15, -0.1) is 12.4 Å². The molecule has 0 saturated carbocycles. The van der Waals surface area contributed by atoms with Gasteiger partial charge in [0.25, 0.3) is 0 Å². The number of halogens is 3. The van der Waals surface area contributed by atoms with Gasteiger partial charge in [0.15, 0.2) is 0 Å². The third kappa shape index (κ3) is 4.50. The van der Waals surface area contributed by atoms with E-state index >= 15 is 0 Å². The van der Waals surface area contributed by atoms with Crippen LogP contribution in [-0.4, -0.2) is 21.5 Å². The summed E-state index contributed by atoms with van der Waals surface area (Å²) >= 11 is 0. The molecule has 1 heterocycles. The van der Waals surface area contributed by atoms with Gasteiger partial charge >= 0.3 is 0 Å². The molecule has 2 N–H and O–H groups in total. The largest absolute Gasteiger partial charge is 0.394 e. The molecule has 1 aromatic carbocycles. The molecule has 0 aliphatic carbocycles. The van der Waals surface area contributed by atoms with Gasteiger partial charge in [0.1, 0.15) is 11.6 Å². The van der Waals surface area contributed by atoms with Crippen molar-refractivity contribution in [3.8, 4) is 0 Å². The third-order valence-electron chi connectivity index (χ3n) is 2.38. The van der Waals surface area contributed by atoms with Gasteiger partial charge in [0.05, 0.1) is 25.0 Å². The molecule has 0 unspecified atom stereocenters. The van der Waals surface area contributed by atoms with E-state index in [-0.39, 0.29) is 19.0 Å². The van der Waals surface area contributed by atoms with Crippen molar-refractivity contribution in [3.63, 3.8) is 0 Å². The van der Waals surface area contributed by atoms with Crippen LogP contribution in [0.25, 0.3) is 0 Å². The number of anilines is 1. The molecule has 0 saturated heterocycles. The van der Waals surface area contributed by atoms with Crippen molar-refractivity contribution >= 4 is 18.1 Å². The maximum atomic E-state index is 12.9. The zero-order chi connectivity index (χ0) is 13.0. The van der Waals surface area contributed by atoms with Gasteiger partial charge in [-0.25, -0.2) is 8.78 Å². The molecule has 104 valence electrons. The van der Waals surface area contributed by atoms with Crippen LogP contribution in [0, 0.1) is 11.6 Å². The van der Waals surface area contributed by atoms with E-state index in [4.69, 9.17) is 5.11 Å². The number of rotatable bonds is 5. The normalized spacial score (nSPS) is 10.1. The number of hydrogen-bond acceptors (Lipinski definition) is 3. The van der Waals surface area contributed by atoms with Gasteiger partial charge < -0.3 is 10.4 Å². The molecule has 0 aliphatic rings. The van der Waals surface area contributed by atoms with Crippen molar-refractivity contribution in [1.82, 2.24) is 9.78 Å².